The van der Waals surface area contributed by atoms with Crippen molar-refractivity contribution in [3.63, 3.8) is 0 Å². The van der Waals surface area contributed by atoms with Crippen LogP contribution in [0.5, 0.6) is 5.75 Å². The Balaban J connectivity index is 2.33. The fourth-order valence-corrected chi connectivity index (χ4v) is 1.70. The van der Waals surface area contributed by atoms with Gasteiger partial charge in [-0.2, -0.15) is 0 Å². The van der Waals surface area contributed by atoms with Crippen molar-refractivity contribution >= 4 is 0 Å². The quantitative estimate of drug-likeness (QED) is 0.724. The molecular weight excluding hydrogens is 174 g/mol. The molecule has 0 unspecified atom stereocenters. The van der Waals surface area contributed by atoms with Gasteiger partial charge in [0.25, 0.3) is 0 Å². The molecule has 0 saturated carbocycles. The Morgan fingerprint density at radius 1 is 1.50 bits per heavy atom. The third kappa shape index (κ3) is 1.66. The molecule has 2 nitrogen and oxygen atoms in total. The molecule has 1 aromatic rings. The van der Waals surface area contributed by atoms with E-state index in [-0.39, 0.29) is 6.04 Å². The highest BCUT2D eigenvalue weighted by Crippen LogP contribution is 2.27. The number of ether oxygens (including phenoxy) is 1. The Morgan fingerprint density at radius 2 is 2.36 bits per heavy atom. The first-order valence-electron chi connectivity index (χ1n) is 4.95. The molecule has 2 heteroatoms. The molecule has 0 aliphatic carbocycles. The largest absolute Gasteiger partial charge is 0.493 e. The molecule has 1 aliphatic heterocycles. The first kappa shape index (κ1) is 9.28. The normalized spacial score (nSPS) is 16.6. The smallest absolute Gasteiger partial charge is 0.122 e. The van der Waals surface area contributed by atoms with Crippen molar-refractivity contribution < 1.29 is 4.74 Å². The van der Waals surface area contributed by atoms with Crippen LogP contribution in [-0.4, -0.2) is 6.61 Å². The van der Waals surface area contributed by atoms with E-state index in [1.54, 1.807) is 6.08 Å². The number of hydrogen-bond acceptors (Lipinski definition) is 2. The highest BCUT2D eigenvalue weighted by atomic mass is 16.5. The molecule has 0 spiro atoms. The zero-order chi connectivity index (χ0) is 9.97. The van der Waals surface area contributed by atoms with Crippen molar-refractivity contribution in [2.24, 2.45) is 5.73 Å². The van der Waals surface area contributed by atoms with E-state index in [4.69, 9.17) is 10.5 Å². The van der Waals surface area contributed by atoms with E-state index in [1.165, 1.54) is 5.56 Å². The van der Waals surface area contributed by atoms with Crippen LogP contribution < -0.4 is 10.5 Å². The van der Waals surface area contributed by atoms with Gasteiger partial charge >= 0.3 is 0 Å². The summed E-state index contributed by atoms with van der Waals surface area (Å²) in [5.74, 6) is 0.992. The lowest BCUT2D eigenvalue weighted by atomic mass is 10.0. The Morgan fingerprint density at radius 3 is 3.14 bits per heavy atom. The monoisotopic (exact) mass is 189 g/mol. The molecule has 2 rings (SSSR count). The van der Waals surface area contributed by atoms with Crippen LogP contribution in [0.15, 0.2) is 30.9 Å². The van der Waals surface area contributed by atoms with Crippen LogP contribution in [0.25, 0.3) is 0 Å². The number of aryl methyl sites for hydroxylation is 1. The van der Waals surface area contributed by atoms with Crippen LogP contribution in [0, 0.1) is 0 Å². The van der Waals surface area contributed by atoms with Gasteiger partial charge in [-0.05, 0) is 30.0 Å². The Kier molecular flexibility index (Phi) is 2.55. The van der Waals surface area contributed by atoms with Gasteiger partial charge in [-0.1, -0.05) is 18.2 Å². The second-order valence-corrected chi connectivity index (χ2v) is 3.58. The van der Waals surface area contributed by atoms with Gasteiger partial charge in [0.05, 0.1) is 6.61 Å². The first-order chi connectivity index (χ1) is 6.81. The minimum absolute atomic E-state index is 0.0918. The molecule has 0 fully saturated rings. The fraction of sp³-hybridized carbons (Fsp3) is 0.333. The van der Waals surface area contributed by atoms with E-state index >= 15 is 0 Å². The average Bonchev–Trinajstić information content (AvgIpc) is 2.27. The fourth-order valence-electron chi connectivity index (χ4n) is 1.70. The molecular formula is C12H15NO. The number of hydrogen-bond donors (Lipinski definition) is 1. The van der Waals surface area contributed by atoms with Crippen LogP contribution in [0.2, 0.25) is 0 Å². The summed E-state index contributed by atoms with van der Waals surface area (Å²) in [6.07, 6.45) is 3.96. The van der Waals surface area contributed by atoms with Gasteiger partial charge in [0.1, 0.15) is 5.75 Å². The van der Waals surface area contributed by atoms with Crippen LogP contribution in [-0.2, 0) is 6.42 Å². The molecule has 74 valence electrons. The lowest BCUT2D eigenvalue weighted by Gasteiger charge is -2.18. The minimum atomic E-state index is -0.0918. The summed E-state index contributed by atoms with van der Waals surface area (Å²) in [4.78, 5) is 0. The van der Waals surface area contributed by atoms with Gasteiger partial charge < -0.3 is 10.5 Å². The third-order valence-electron chi connectivity index (χ3n) is 2.58. The summed E-state index contributed by atoms with van der Waals surface area (Å²) in [6, 6.07) is 6.10. The van der Waals surface area contributed by atoms with Crippen molar-refractivity contribution in [2.75, 3.05) is 6.61 Å². The van der Waals surface area contributed by atoms with E-state index in [0.29, 0.717) is 0 Å². The average molecular weight is 189 g/mol. The van der Waals surface area contributed by atoms with E-state index in [1.807, 2.05) is 6.07 Å². The second kappa shape index (κ2) is 3.84. The van der Waals surface area contributed by atoms with Crippen molar-refractivity contribution in [3.8, 4) is 5.75 Å². The van der Waals surface area contributed by atoms with Crippen molar-refractivity contribution in [1.29, 1.82) is 0 Å². The summed E-state index contributed by atoms with van der Waals surface area (Å²) in [6.45, 7) is 4.50. The molecule has 0 amide bonds. The number of nitrogens with two attached hydrogens (primary N) is 1. The molecule has 1 aliphatic rings. The summed E-state index contributed by atoms with van der Waals surface area (Å²) in [5.41, 5.74) is 8.21. The molecule has 1 aromatic carbocycles. The van der Waals surface area contributed by atoms with Crippen LogP contribution in [0.1, 0.15) is 23.6 Å². The van der Waals surface area contributed by atoms with Gasteiger partial charge in [0, 0.05) is 6.04 Å². The van der Waals surface area contributed by atoms with Crippen molar-refractivity contribution in [2.45, 2.75) is 18.9 Å². The standard InChI is InChI=1S/C12H15NO/c1-2-11(13)10-6-5-9-4-3-7-14-12(9)8-10/h2,5-6,8,11H,1,3-4,7,13H2/t11-/m1/s1. The predicted molar refractivity (Wildman–Crippen MR) is 57.4 cm³/mol. The van der Waals surface area contributed by atoms with Crippen LogP contribution in [0.3, 0.4) is 0 Å². The van der Waals surface area contributed by atoms with Crippen molar-refractivity contribution in [1.82, 2.24) is 0 Å². The van der Waals surface area contributed by atoms with E-state index in [2.05, 4.69) is 18.7 Å². The predicted octanol–water partition coefficient (Wildman–Crippen LogP) is 2.20. The maximum Gasteiger partial charge on any atom is 0.122 e. The number of rotatable bonds is 2. The molecule has 2 N–H and O–H groups in total. The zero-order valence-corrected chi connectivity index (χ0v) is 8.20. The molecule has 0 bridgehead atoms. The lowest BCUT2D eigenvalue weighted by molar-refractivity contribution is 0.288. The number of fused-ring (bicyclic) bond motifs is 1. The summed E-state index contributed by atoms with van der Waals surface area (Å²) < 4.78 is 5.57. The zero-order valence-electron chi connectivity index (χ0n) is 8.20. The molecule has 0 aromatic heterocycles. The van der Waals surface area contributed by atoms with E-state index in [9.17, 15) is 0 Å². The molecule has 0 saturated heterocycles. The Bertz CT molecular complexity index is 346. The molecule has 0 radical (unpaired) electrons. The highest BCUT2D eigenvalue weighted by Gasteiger charge is 2.11. The lowest BCUT2D eigenvalue weighted by Crippen LogP contribution is -2.11. The SMILES string of the molecule is C=C[C@@H](N)c1ccc2c(c1)OCCC2. The highest BCUT2D eigenvalue weighted by molar-refractivity contribution is 5.40. The van der Waals surface area contributed by atoms with Gasteiger partial charge in [-0.25, -0.2) is 0 Å². The molecule has 1 atom stereocenters. The Labute approximate surface area is 84.4 Å². The topological polar surface area (TPSA) is 35.2 Å². The summed E-state index contributed by atoms with van der Waals surface area (Å²) in [7, 11) is 0. The molecule has 14 heavy (non-hydrogen) atoms. The Hall–Kier alpha value is -1.28. The first-order valence-corrected chi connectivity index (χ1v) is 4.95. The second-order valence-electron chi connectivity index (χ2n) is 3.58. The number of benzene rings is 1. The summed E-state index contributed by atoms with van der Waals surface area (Å²) >= 11 is 0. The van der Waals surface area contributed by atoms with Gasteiger partial charge in [-0.15, -0.1) is 6.58 Å². The van der Waals surface area contributed by atoms with Crippen molar-refractivity contribution in [3.05, 3.63) is 42.0 Å². The van der Waals surface area contributed by atoms with Gasteiger partial charge in [0.15, 0.2) is 0 Å². The van der Waals surface area contributed by atoms with Crippen LogP contribution in [0.4, 0.5) is 0 Å². The maximum atomic E-state index is 5.85. The van der Waals surface area contributed by atoms with E-state index < -0.39 is 0 Å². The third-order valence-corrected chi connectivity index (χ3v) is 2.58. The maximum absolute atomic E-state index is 5.85. The molecule has 1 heterocycles. The van der Waals surface area contributed by atoms with Crippen LogP contribution >= 0.6 is 0 Å². The van der Waals surface area contributed by atoms with Gasteiger partial charge in [-0.3, -0.25) is 0 Å². The van der Waals surface area contributed by atoms with E-state index in [0.717, 1.165) is 30.8 Å². The summed E-state index contributed by atoms with van der Waals surface area (Å²) in [5, 5.41) is 0. The minimum Gasteiger partial charge on any atom is -0.493 e. The van der Waals surface area contributed by atoms with Gasteiger partial charge in [0.2, 0.25) is 0 Å².